The number of hydrogen-bond donors (Lipinski definition) is 0. The molecule has 1 spiro atoms. The number of hydrogen-bond acceptors (Lipinski definition) is 4. The highest BCUT2D eigenvalue weighted by molar-refractivity contribution is 5.73. The van der Waals surface area contributed by atoms with Gasteiger partial charge in [0.25, 0.3) is 0 Å². The molecule has 5 heteroatoms. The molecule has 1 amide bonds. The summed E-state index contributed by atoms with van der Waals surface area (Å²) in [6, 6.07) is 2.00. The molecule has 19 heavy (non-hydrogen) atoms. The van der Waals surface area contributed by atoms with Gasteiger partial charge < -0.3 is 9.42 Å². The van der Waals surface area contributed by atoms with Crippen LogP contribution in [-0.2, 0) is 11.3 Å². The van der Waals surface area contributed by atoms with Crippen LogP contribution in [-0.4, -0.2) is 47.0 Å². The van der Waals surface area contributed by atoms with E-state index in [4.69, 9.17) is 4.52 Å². The van der Waals surface area contributed by atoms with Crippen molar-refractivity contribution in [1.29, 1.82) is 0 Å². The maximum atomic E-state index is 11.5. The molecular weight excluding hydrogens is 242 g/mol. The van der Waals surface area contributed by atoms with Crippen molar-refractivity contribution in [3.63, 3.8) is 0 Å². The Morgan fingerprint density at radius 2 is 2.21 bits per heavy atom. The normalized spacial score (nSPS) is 27.6. The summed E-state index contributed by atoms with van der Waals surface area (Å²) < 4.78 is 5.11. The van der Waals surface area contributed by atoms with Crippen LogP contribution in [0.3, 0.4) is 0 Å². The van der Waals surface area contributed by atoms with Gasteiger partial charge in [-0.2, -0.15) is 0 Å². The van der Waals surface area contributed by atoms with E-state index in [0.29, 0.717) is 5.41 Å². The van der Waals surface area contributed by atoms with Crippen LogP contribution >= 0.6 is 0 Å². The minimum absolute atomic E-state index is 0.211. The first-order valence-corrected chi connectivity index (χ1v) is 6.96. The van der Waals surface area contributed by atoms with E-state index in [0.717, 1.165) is 50.6 Å². The van der Waals surface area contributed by atoms with Gasteiger partial charge in [0, 0.05) is 44.6 Å². The van der Waals surface area contributed by atoms with E-state index in [1.165, 1.54) is 6.42 Å². The second-order valence-electron chi connectivity index (χ2n) is 6.08. The van der Waals surface area contributed by atoms with Crippen molar-refractivity contribution in [1.82, 2.24) is 15.0 Å². The summed E-state index contributed by atoms with van der Waals surface area (Å²) in [5, 5.41) is 4.06. The molecule has 0 bridgehead atoms. The van der Waals surface area contributed by atoms with Crippen LogP contribution in [0.1, 0.15) is 31.2 Å². The highest BCUT2D eigenvalue weighted by Crippen LogP contribution is 2.39. The molecule has 104 valence electrons. The van der Waals surface area contributed by atoms with E-state index in [1.54, 1.807) is 6.92 Å². The van der Waals surface area contributed by atoms with Crippen molar-refractivity contribution < 1.29 is 9.32 Å². The number of rotatable bonds is 2. The van der Waals surface area contributed by atoms with Gasteiger partial charge in [-0.1, -0.05) is 5.16 Å². The minimum atomic E-state index is 0.211. The molecule has 0 aliphatic carbocycles. The molecule has 0 aromatic carbocycles. The number of carbonyl (C=O) groups is 1. The Labute approximate surface area is 113 Å². The van der Waals surface area contributed by atoms with E-state index >= 15 is 0 Å². The summed E-state index contributed by atoms with van der Waals surface area (Å²) in [6.07, 6.45) is 2.33. The Morgan fingerprint density at radius 1 is 1.42 bits per heavy atom. The number of carbonyl (C=O) groups excluding carboxylic acids is 1. The van der Waals surface area contributed by atoms with Crippen LogP contribution in [0.2, 0.25) is 0 Å². The monoisotopic (exact) mass is 263 g/mol. The zero-order chi connectivity index (χ0) is 13.5. The summed E-state index contributed by atoms with van der Waals surface area (Å²) in [5.41, 5.74) is 1.33. The van der Waals surface area contributed by atoms with Gasteiger partial charge in [-0.3, -0.25) is 9.69 Å². The first-order valence-electron chi connectivity index (χ1n) is 6.96. The molecule has 1 aromatic heterocycles. The number of nitrogens with zero attached hydrogens (tertiary/aromatic N) is 3. The largest absolute Gasteiger partial charge is 0.361 e. The molecule has 2 aliphatic rings. The second kappa shape index (κ2) is 4.63. The second-order valence-corrected chi connectivity index (χ2v) is 6.08. The van der Waals surface area contributed by atoms with E-state index < -0.39 is 0 Å². The lowest BCUT2D eigenvalue weighted by molar-refractivity contribution is -0.128. The third-order valence-electron chi connectivity index (χ3n) is 4.46. The summed E-state index contributed by atoms with van der Waals surface area (Å²) in [4.78, 5) is 15.9. The van der Waals surface area contributed by atoms with E-state index in [-0.39, 0.29) is 5.91 Å². The molecule has 0 saturated carbocycles. The van der Waals surface area contributed by atoms with Crippen molar-refractivity contribution in [3.05, 3.63) is 17.5 Å². The summed E-state index contributed by atoms with van der Waals surface area (Å²) in [5.74, 6) is 1.08. The summed E-state index contributed by atoms with van der Waals surface area (Å²) >= 11 is 0. The van der Waals surface area contributed by atoms with Gasteiger partial charge in [0.05, 0.1) is 5.69 Å². The zero-order valence-corrected chi connectivity index (χ0v) is 11.7. The number of aryl methyl sites for hydroxylation is 1. The van der Waals surface area contributed by atoms with Crippen LogP contribution < -0.4 is 0 Å². The third-order valence-corrected chi connectivity index (χ3v) is 4.46. The average molecular weight is 263 g/mol. The predicted molar refractivity (Wildman–Crippen MR) is 70.4 cm³/mol. The van der Waals surface area contributed by atoms with Crippen molar-refractivity contribution in [2.75, 3.05) is 26.2 Å². The smallest absolute Gasteiger partial charge is 0.219 e. The molecule has 2 saturated heterocycles. The first kappa shape index (κ1) is 12.7. The molecular formula is C14H21N3O2. The molecule has 1 aromatic rings. The molecule has 5 nitrogen and oxygen atoms in total. The molecule has 2 aliphatic heterocycles. The van der Waals surface area contributed by atoms with Gasteiger partial charge in [0.1, 0.15) is 5.76 Å². The minimum Gasteiger partial charge on any atom is -0.361 e. The van der Waals surface area contributed by atoms with Crippen LogP contribution in [0.25, 0.3) is 0 Å². The van der Waals surface area contributed by atoms with Crippen LogP contribution in [0.15, 0.2) is 10.6 Å². The van der Waals surface area contributed by atoms with Crippen LogP contribution in [0.5, 0.6) is 0 Å². The first-order chi connectivity index (χ1) is 9.06. The van der Waals surface area contributed by atoms with Crippen LogP contribution in [0, 0.1) is 12.3 Å². The fourth-order valence-electron chi connectivity index (χ4n) is 3.42. The molecule has 3 rings (SSSR count). The molecule has 2 fully saturated rings. The number of aromatic nitrogens is 1. The molecule has 0 N–H and O–H groups in total. The lowest BCUT2D eigenvalue weighted by Gasteiger charge is -2.24. The van der Waals surface area contributed by atoms with Crippen molar-refractivity contribution >= 4 is 5.91 Å². The number of amides is 1. The van der Waals surface area contributed by atoms with Crippen molar-refractivity contribution in [2.45, 2.75) is 33.2 Å². The quantitative estimate of drug-likeness (QED) is 0.810. The summed E-state index contributed by atoms with van der Waals surface area (Å²) in [7, 11) is 0. The molecule has 3 heterocycles. The highest BCUT2D eigenvalue weighted by Gasteiger charge is 2.44. The Morgan fingerprint density at radius 3 is 2.84 bits per heavy atom. The maximum Gasteiger partial charge on any atom is 0.219 e. The van der Waals surface area contributed by atoms with E-state index in [2.05, 4.69) is 10.1 Å². The van der Waals surface area contributed by atoms with Gasteiger partial charge in [-0.05, 0) is 26.3 Å². The Balaban J connectivity index is 1.60. The topological polar surface area (TPSA) is 49.6 Å². The van der Waals surface area contributed by atoms with Gasteiger partial charge in [0.15, 0.2) is 0 Å². The highest BCUT2D eigenvalue weighted by atomic mass is 16.5. The average Bonchev–Trinajstić information content (AvgIpc) is 3.04. The van der Waals surface area contributed by atoms with Gasteiger partial charge in [-0.15, -0.1) is 0 Å². The maximum absolute atomic E-state index is 11.5. The molecule has 0 radical (unpaired) electrons. The Hall–Kier alpha value is -1.36. The molecule has 1 atom stereocenters. The molecule has 1 unspecified atom stereocenters. The lowest BCUT2D eigenvalue weighted by Crippen LogP contribution is -2.32. The standard InChI is InChI=1S/C14H21N3O2/c1-11-7-13(15-19-11)8-16-5-3-14(9-16)4-6-17(10-14)12(2)18/h7H,3-6,8-10H2,1-2H3. The van der Waals surface area contributed by atoms with E-state index in [1.807, 2.05) is 17.9 Å². The SMILES string of the molecule is CC(=O)N1CCC2(CCN(Cc3cc(C)on3)C2)C1. The van der Waals surface area contributed by atoms with E-state index in [9.17, 15) is 4.79 Å². The lowest BCUT2D eigenvalue weighted by atomic mass is 9.86. The van der Waals surface area contributed by atoms with Gasteiger partial charge in [0.2, 0.25) is 5.91 Å². The van der Waals surface area contributed by atoms with Crippen LogP contribution in [0.4, 0.5) is 0 Å². The van der Waals surface area contributed by atoms with Gasteiger partial charge >= 0.3 is 0 Å². The fourth-order valence-corrected chi connectivity index (χ4v) is 3.42. The fraction of sp³-hybridized carbons (Fsp3) is 0.714. The Bertz CT molecular complexity index is 485. The Kier molecular flexibility index (Phi) is 3.09. The number of likely N-dealkylation sites (tertiary alicyclic amines) is 2. The van der Waals surface area contributed by atoms with Crippen molar-refractivity contribution in [3.8, 4) is 0 Å². The summed E-state index contributed by atoms with van der Waals surface area (Å²) in [6.45, 7) is 8.47. The van der Waals surface area contributed by atoms with Crippen molar-refractivity contribution in [2.24, 2.45) is 5.41 Å². The van der Waals surface area contributed by atoms with Gasteiger partial charge in [-0.25, -0.2) is 0 Å². The predicted octanol–water partition coefficient (Wildman–Crippen LogP) is 1.43. The zero-order valence-electron chi connectivity index (χ0n) is 11.7. The third kappa shape index (κ3) is 2.52.